The number of nitrogens with one attached hydrogen (secondary N) is 1. The van der Waals surface area contributed by atoms with Crippen LogP contribution in [0.15, 0.2) is 46.3 Å². The van der Waals surface area contributed by atoms with Gasteiger partial charge < -0.3 is 26.7 Å². The first kappa shape index (κ1) is 24.7. The van der Waals surface area contributed by atoms with Crippen molar-refractivity contribution in [2.75, 3.05) is 11.5 Å². The molecule has 0 bridgehead atoms. The molecule has 2 atom stereocenters. The van der Waals surface area contributed by atoms with E-state index in [0.717, 1.165) is 24.2 Å². The van der Waals surface area contributed by atoms with Gasteiger partial charge in [-0.25, -0.2) is 14.3 Å². The molecule has 5 rings (SSSR count). The zero-order valence-corrected chi connectivity index (χ0v) is 20.8. The largest absolute Gasteiger partial charge is 0.477 e. The maximum Gasteiger partial charge on any atom is 0.352 e. The molecular weight excluding hydrogens is 522 g/mol. The average molecular weight is 545 g/mol. The summed E-state index contributed by atoms with van der Waals surface area (Å²) >= 11 is 2.48. The van der Waals surface area contributed by atoms with Crippen molar-refractivity contribution in [3.8, 4) is 0 Å². The second kappa shape index (κ2) is 9.82. The SMILES string of the molecule is NC(=O)c1cc[n+](CC2=C(C(=O)O)N3C(=O)[C@@H](NC(=O)C(=NOC4CC4)c4csc(N)n4)[C@H]3SC2)cc1. The Kier molecular flexibility index (Phi) is 6.55. The highest BCUT2D eigenvalue weighted by molar-refractivity contribution is 8.00. The summed E-state index contributed by atoms with van der Waals surface area (Å²) in [6.45, 7) is 0.196. The highest BCUT2D eigenvalue weighted by Crippen LogP contribution is 2.40. The van der Waals surface area contributed by atoms with Crippen LogP contribution in [0.3, 0.4) is 0 Å². The van der Waals surface area contributed by atoms with E-state index >= 15 is 0 Å². The highest BCUT2D eigenvalue weighted by atomic mass is 32.2. The van der Waals surface area contributed by atoms with Gasteiger partial charge in [-0.3, -0.25) is 19.3 Å². The number of nitrogens with zero attached hydrogens (tertiary/aromatic N) is 4. The normalized spacial score (nSPS) is 21.2. The number of carboxylic acids is 1. The zero-order valence-electron chi connectivity index (χ0n) is 19.2. The van der Waals surface area contributed by atoms with Crippen LogP contribution in [-0.4, -0.2) is 67.7 Å². The number of hydrogen-bond donors (Lipinski definition) is 4. The van der Waals surface area contributed by atoms with Crippen molar-refractivity contribution < 1.29 is 33.7 Å². The molecule has 0 radical (unpaired) electrons. The summed E-state index contributed by atoms with van der Waals surface area (Å²) < 4.78 is 1.69. The third kappa shape index (κ3) is 4.99. The Morgan fingerprint density at radius 1 is 1.30 bits per heavy atom. The Hall–Kier alpha value is -3.98. The fourth-order valence-corrected chi connectivity index (χ4v) is 5.75. The maximum atomic E-state index is 13.1. The molecule has 3 aliphatic rings. The Labute approximate surface area is 218 Å². The molecule has 1 saturated heterocycles. The Bertz CT molecular complexity index is 1350. The number of nitrogen functional groups attached to an aromatic ring is 1. The standard InChI is InChI=1S/C22H21N7O6S2/c23-17(30)10-3-5-28(6-4-10)7-11-8-36-20-15(19(32)29(20)16(11)21(33)34)26-18(31)14(27-35-12-1-2-12)13-9-37-22(24)25-13/h3-6,9,12,15,20H,1-2,7-8H2,(H5-,23,24,25,26,30,31,33,34)/p+1/t15-,20-/m1/s1. The fraction of sp³-hybridized carbons (Fsp3) is 0.318. The number of pyridine rings is 1. The van der Waals surface area contributed by atoms with Crippen LogP contribution in [0, 0.1) is 0 Å². The molecule has 4 heterocycles. The van der Waals surface area contributed by atoms with Gasteiger partial charge >= 0.3 is 5.97 Å². The minimum atomic E-state index is -1.24. The molecule has 0 spiro atoms. The van der Waals surface area contributed by atoms with E-state index in [-0.39, 0.29) is 34.9 Å². The molecule has 192 valence electrons. The maximum absolute atomic E-state index is 13.1. The van der Waals surface area contributed by atoms with Crippen LogP contribution >= 0.6 is 23.1 Å². The fourth-order valence-electron chi connectivity index (χ4n) is 3.86. The van der Waals surface area contributed by atoms with E-state index in [2.05, 4.69) is 15.5 Å². The van der Waals surface area contributed by atoms with Gasteiger partial charge in [0.25, 0.3) is 11.8 Å². The van der Waals surface area contributed by atoms with Gasteiger partial charge in [0.2, 0.25) is 5.91 Å². The van der Waals surface area contributed by atoms with Crippen LogP contribution in [0.5, 0.6) is 0 Å². The Morgan fingerprint density at radius 2 is 2.03 bits per heavy atom. The Balaban J connectivity index is 1.32. The van der Waals surface area contributed by atoms with E-state index in [1.54, 1.807) is 22.3 Å². The van der Waals surface area contributed by atoms with Crippen molar-refractivity contribution in [2.45, 2.75) is 36.9 Å². The number of primary amides is 1. The van der Waals surface area contributed by atoms with Gasteiger partial charge in [-0.15, -0.1) is 23.1 Å². The summed E-state index contributed by atoms with van der Waals surface area (Å²) in [5, 5.41) is 17.7. The van der Waals surface area contributed by atoms with Crippen molar-refractivity contribution in [3.63, 3.8) is 0 Å². The molecule has 0 aromatic carbocycles. The Morgan fingerprint density at radius 3 is 2.62 bits per heavy atom. The topological polar surface area (TPSA) is 194 Å². The molecule has 1 aliphatic carbocycles. The van der Waals surface area contributed by atoms with Crippen LogP contribution in [0.2, 0.25) is 0 Å². The second-order valence-electron chi connectivity index (χ2n) is 8.56. The quantitative estimate of drug-likeness (QED) is 0.138. The molecule has 2 aromatic rings. The molecule has 37 heavy (non-hydrogen) atoms. The first-order valence-electron chi connectivity index (χ1n) is 11.2. The summed E-state index contributed by atoms with van der Waals surface area (Å²) in [6.07, 6.45) is 4.85. The molecule has 2 fully saturated rings. The summed E-state index contributed by atoms with van der Waals surface area (Å²) in [5.41, 5.74) is 11.8. The molecule has 2 aromatic heterocycles. The van der Waals surface area contributed by atoms with Gasteiger partial charge in [0, 0.05) is 28.8 Å². The molecule has 3 amide bonds. The minimum Gasteiger partial charge on any atom is -0.477 e. The molecule has 1 saturated carbocycles. The van der Waals surface area contributed by atoms with E-state index in [0.29, 0.717) is 16.9 Å². The number of thioether (sulfide) groups is 1. The molecule has 6 N–H and O–H groups in total. The third-order valence-corrected chi connectivity index (χ3v) is 7.90. The van der Waals surface area contributed by atoms with Crippen molar-refractivity contribution >= 4 is 57.6 Å². The number of nitrogens with two attached hydrogens (primary N) is 2. The van der Waals surface area contributed by atoms with Gasteiger partial charge in [0.15, 0.2) is 29.8 Å². The van der Waals surface area contributed by atoms with E-state index in [9.17, 15) is 24.3 Å². The number of carboxylic acid groups (broad SMARTS) is 1. The second-order valence-corrected chi connectivity index (χ2v) is 10.6. The lowest BCUT2D eigenvalue weighted by atomic mass is 10.0. The van der Waals surface area contributed by atoms with E-state index in [4.69, 9.17) is 16.3 Å². The number of oxime groups is 1. The number of rotatable bonds is 9. The molecule has 15 heteroatoms. The number of β-lactam (4-membered cyclic amide) rings is 1. The molecule has 2 aliphatic heterocycles. The number of carbonyl (C=O) groups is 4. The smallest absolute Gasteiger partial charge is 0.352 e. The van der Waals surface area contributed by atoms with Gasteiger partial charge in [-0.1, -0.05) is 5.16 Å². The zero-order chi connectivity index (χ0) is 26.3. The van der Waals surface area contributed by atoms with E-state index < -0.39 is 35.1 Å². The summed E-state index contributed by atoms with van der Waals surface area (Å²) in [5.74, 6) is -2.71. The first-order valence-corrected chi connectivity index (χ1v) is 13.1. The average Bonchev–Trinajstić information content (AvgIpc) is 3.60. The van der Waals surface area contributed by atoms with Crippen molar-refractivity contribution in [1.29, 1.82) is 0 Å². The molecule has 0 unspecified atom stereocenters. The summed E-state index contributed by atoms with van der Waals surface area (Å²) in [6, 6.07) is 2.12. The predicted octanol–water partition coefficient (Wildman–Crippen LogP) is -0.566. The number of hydrogen-bond acceptors (Lipinski definition) is 10. The summed E-state index contributed by atoms with van der Waals surface area (Å²) in [4.78, 5) is 60.2. The highest BCUT2D eigenvalue weighted by Gasteiger charge is 2.54. The van der Waals surface area contributed by atoms with Crippen LogP contribution in [-0.2, 0) is 25.8 Å². The number of amides is 3. The number of carbonyl (C=O) groups excluding carboxylic acids is 3. The lowest BCUT2D eigenvalue weighted by Gasteiger charge is -2.49. The van der Waals surface area contributed by atoms with Crippen LogP contribution in [0.25, 0.3) is 0 Å². The van der Waals surface area contributed by atoms with Gasteiger partial charge in [-0.05, 0) is 12.8 Å². The van der Waals surface area contributed by atoms with Crippen LogP contribution in [0.1, 0.15) is 28.9 Å². The number of fused-ring (bicyclic) bond motifs is 1. The molecular formula is C22H22N7O6S2+. The van der Waals surface area contributed by atoms with Crippen LogP contribution < -0.4 is 21.4 Å². The number of thiazole rings is 1. The van der Waals surface area contributed by atoms with Crippen molar-refractivity contribution in [3.05, 3.63) is 52.4 Å². The van der Waals surface area contributed by atoms with Gasteiger partial charge in [0.1, 0.15) is 28.9 Å². The van der Waals surface area contributed by atoms with E-state index in [1.165, 1.54) is 28.8 Å². The number of anilines is 1. The summed E-state index contributed by atoms with van der Waals surface area (Å²) in [7, 11) is 0. The predicted molar refractivity (Wildman–Crippen MR) is 132 cm³/mol. The van der Waals surface area contributed by atoms with E-state index in [1.807, 2.05) is 0 Å². The first-order chi connectivity index (χ1) is 17.7. The lowest BCUT2D eigenvalue weighted by Crippen LogP contribution is -2.71. The number of aromatic nitrogens is 2. The van der Waals surface area contributed by atoms with Crippen molar-refractivity contribution in [1.82, 2.24) is 15.2 Å². The van der Waals surface area contributed by atoms with Gasteiger partial charge in [0.05, 0.1) is 5.56 Å². The monoisotopic (exact) mass is 544 g/mol. The lowest BCUT2D eigenvalue weighted by molar-refractivity contribution is -0.689. The van der Waals surface area contributed by atoms with Crippen molar-refractivity contribution in [2.24, 2.45) is 10.9 Å². The third-order valence-electron chi connectivity index (χ3n) is 5.88. The minimum absolute atomic E-state index is 0.0555. The van der Waals surface area contributed by atoms with Crippen LogP contribution in [0.4, 0.5) is 5.13 Å². The van der Waals surface area contributed by atoms with Gasteiger partial charge in [-0.2, -0.15) is 0 Å². The number of aliphatic carboxylic acids is 1. The molecule has 13 nitrogen and oxygen atoms in total.